The Morgan fingerprint density at radius 2 is 2.38 bits per heavy atom. The van der Waals surface area contributed by atoms with Crippen molar-refractivity contribution in [1.82, 2.24) is 5.32 Å². The van der Waals surface area contributed by atoms with Crippen molar-refractivity contribution in [1.29, 1.82) is 0 Å². The van der Waals surface area contributed by atoms with Crippen LogP contribution in [0, 0.1) is 6.92 Å². The minimum atomic E-state index is -0.495. The zero-order valence-corrected chi connectivity index (χ0v) is 8.52. The Kier molecular flexibility index (Phi) is 3.45. The first-order valence-corrected chi connectivity index (χ1v) is 4.94. The lowest BCUT2D eigenvalue weighted by atomic mass is 10.4. The van der Waals surface area contributed by atoms with E-state index in [-0.39, 0.29) is 5.91 Å². The van der Waals surface area contributed by atoms with Gasteiger partial charge in [-0.2, -0.15) is 0 Å². The summed E-state index contributed by atoms with van der Waals surface area (Å²) in [6.07, 6.45) is -0.495. The van der Waals surface area contributed by atoms with Gasteiger partial charge in [0.15, 0.2) is 0 Å². The lowest BCUT2D eigenvalue weighted by Crippen LogP contribution is -2.29. The summed E-state index contributed by atoms with van der Waals surface area (Å²) < 4.78 is 0. The third-order valence-corrected chi connectivity index (χ3v) is 2.52. The summed E-state index contributed by atoms with van der Waals surface area (Å²) in [7, 11) is 0. The Morgan fingerprint density at radius 3 is 2.85 bits per heavy atom. The first-order valence-electron chi connectivity index (χ1n) is 4.12. The number of hydrogen-bond acceptors (Lipinski definition) is 3. The number of hydrogen-bond donors (Lipinski definition) is 2. The van der Waals surface area contributed by atoms with Crippen LogP contribution >= 0.6 is 11.3 Å². The van der Waals surface area contributed by atoms with Crippen LogP contribution in [0.4, 0.5) is 0 Å². The lowest BCUT2D eigenvalue weighted by Gasteiger charge is -2.04. The van der Waals surface area contributed by atoms with Crippen LogP contribution in [0.5, 0.6) is 0 Å². The number of aliphatic hydroxyl groups excluding tert-OH is 1. The first kappa shape index (κ1) is 10.2. The molecule has 1 aromatic rings. The van der Waals surface area contributed by atoms with Crippen molar-refractivity contribution in [3.05, 3.63) is 21.9 Å². The molecule has 72 valence electrons. The topological polar surface area (TPSA) is 49.3 Å². The van der Waals surface area contributed by atoms with E-state index >= 15 is 0 Å². The highest BCUT2D eigenvalue weighted by Crippen LogP contribution is 2.14. The number of thiophene rings is 1. The van der Waals surface area contributed by atoms with Gasteiger partial charge >= 0.3 is 0 Å². The number of rotatable bonds is 3. The molecule has 0 aliphatic heterocycles. The second-order valence-electron chi connectivity index (χ2n) is 2.97. The van der Waals surface area contributed by atoms with Crippen molar-refractivity contribution in [3.8, 4) is 0 Å². The minimum Gasteiger partial charge on any atom is -0.392 e. The fourth-order valence-corrected chi connectivity index (χ4v) is 1.67. The van der Waals surface area contributed by atoms with E-state index in [4.69, 9.17) is 5.11 Å². The third kappa shape index (κ3) is 3.16. The molecule has 1 atom stereocenters. The normalized spacial score (nSPS) is 12.5. The highest BCUT2D eigenvalue weighted by atomic mass is 32.1. The molecule has 1 rings (SSSR count). The summed E-state index contributed by atoms with van der Waals surface area (Å²) in [6, 6.07) is 3.69. The third-order valence-electron chi connectivity index (χ3n) is 1.52. The summed E-state index contributed by atoms with van der Waals surface area (Å²) in [5, 5.41) is 11.6. The Bertz CT molecular complexity index is 294. The van der Waals surface area contributed by atoms with E-state index in [0.29, 0.717) is 11.4 Å². The molecule has 0 saturated carbocycles. The molecule has 0 aromatic carbocycles. The number of aryl methyl sites for hydroxylation is 1. The van der Waals surface area contributed by atoms with Crippen LogP contribution in [0.1, 0.15) is 21.5 Å². The molecule has 13 heavy (non-hydrogen) atoms. The monoisotopic (exact) mass is 199 g/mol. The molecule has 0 bridgehead atoms. The molecular weight excluding hydrogens is 186 g/mol. The molecule has 4 heteroatoms. The van der Waals surface area contributed by atoms with E-state index in [1.54, 1.807) is 13.0 Å². The molecule has 0 radical (unpaired) electrons. The summed E-state index contributed by atoms with van der Waals surface area (Å²) in [6.45, 7) is 3.89. The molecule has 0 aliphatic rings. The van der Waals surface area contributed by atoms with E-state index in [2.05, 4.69) is 5.32 Å². The van der Waals surface area contributed by atoms with Crippen molar-refractivity contribution in [2.75, 3.05) is 6.54 Å². The zero-order chi connectivity index (χ0) is 9.84. The minimum absolute atomic E-state index is 0.112. The van der Waals surface area contributed by atoms with Gasteiger partial charge in [0.05, 0.1) is 11.0 Å². The first-order chi connectivity index (χ1) is 6.09. The average Bonchev–Trinajstić information content (AvgIpc) is 2.47. The SMILES string of the molecule is Cc1ccc(C(=O)NC[C@H](C)O)s1. The number of amides is 1. The molecule has 0 fully saturated rings. The largest absolute Gasteiger partial charge is 0.392 e. The predicted octanol–water partition coefficient (Wildman–Crippen LogP) is 1.17. The van der Waals surface area contributed by atoms with Crippen molar-refractivity contribution in [2.45, 2.75) is 20.0 Å². The smallest absolute Gasteiger partial charge is 0.261 e. The van der Waals surface area contributed by atoms with Gasteiger partial charge in [0.1, 0.15) is 0 Å². The average molecular weight is 199 g/mol. The highest BCUT2D eigenvalue weighted by Gasteiger charge is 2.07. The van der Waals surface area contributed by atoms with Gasteiger partial charge in [-0.25, -0.2) is 0 Å². The molecule has 1 amide bonds. The van der Waals surface area contributed by atoms with Crippen LogP contribution in [0.3, 0.4) is 0 Å². The van der Waals surface area contributed by atoms with Gasteiger partial charge in [-0.1, -0.05) is 0 Å². The van der Waals surface area contributed by atoms with E-state index in [0.717, 1.165) is 4.88 Å². The van der Waals surface area contributed by atoms with E-state index in [1.165, 1.54) is 11.3 Å². The van der Waals surface area contributed by atoms with Gasteiger partial charge in [0.2, 0.25) is 0 Å². The summed E-state index contributed by atoms with van der Waals surface area (Å²) in [5.41, 5.74) is 0. The van der Waals surface area contributed by atoms with Crippen LogP contribution in [0.25, 0.3) is 0 Å². The summed E-state index contributed by atoms with van der Waals surface area (Å²) in [4.78, 5) is 13.2. The van der Waals surface area contributed by atoms with Crippen LogP contribution in [0.2, 0.25) is 0 Å². The Morgan fingerprint density at radius 1 is 1.69 bits per heavy atom. The van der Waals surface area contributed by atoms with Crippen LogP contribution in [-0.4, -0.2) is 23.7 Å². The maximum Gasteiger partial charge on any atom is 0.261 e. The van der Waals surface area contributed by atoms with Crippen molar-refractivity contribution in [2.24, 2.45) is 0 Å². The predicted molar refractivity (Wildman–Crippen MR) is 53.1 cm³/mol. The maximum atomic E-state index is 11.4. The zero-order valence-electron chi connectivity index (χ0n) is 7.70. The number of carbonyl (C=O) groups is 1. The Labute approximate surface area is 81.4 Å². The fourth-order valence-electron chi connectivity index (χ4n) is 0.884. The van der Waals surface area contributed by atoms with Crippen molar-refractivity contribution < 1.29 is 9.90 Å². The number of carbonyl (C=O) groups excluding carboxylic acids is 1. The van der Waals surface area contributed by atoms with E-state index < -0.39 is 6.10 Å². The van der Waals surface area contributed by atoms with Crippen LogP contribution < -0.4 is 5.32 Å². The van der Waals surface area contributed by atoms with Gasteiger partial charge in [-0.15, -0.1) is 11.3 Å². The summed E-state index contributed by atoms with van der Waals surface area (Å²) in [5.74, 6) is -0.112. The molecule has 1 aromatic heterocycles. The summed E-state index contributed by atoms with van der Waals surface area (Å²) >= 11 is 1.45. The molecule has 0 spiro atoms. The van der Waals surface area contributed by atoms with Crippen LogP contribution in [-0.2, 0) is 0 Å². The van der Waals surface area contributed by atoms with E-state index in [1.807, 2.05) is 13.0 Å². The van der Waals surface area contributed by atoms with Crippen molar-refractivity contribution in [3.63, 3.8) is 0 Å². The van der Waals surface area contributed by atoms with Crippen LogP contribution in [0.15, 0.2) is 12.1 Å². The molecule has 0 aliphatic carbocycles. The lowest BCUT2D eigenvalue weighted by molar-refractivity contribution is 0.0928. The van der Waals surface area contributed by atoms with Gasteiger partial charge in [-0.3, -0.25) is 4.79 Å². The molecule has 2 N–H and O–H groups in total. The van der Waals surface area contributed by atoms with Gasteiger partial charge in [0.25, 0.3) is 5.91 Å². The second-order valence-corrected chi connectivity index (χ2v) is 4.26. The van der Waals surface area contributed by atoms with Gasteiger partial charge in [0, 0.05) is 11.4 Å². The quantitative estimate of drug-likeness (QED) is 0.767. The van der Waals surface area contributed by atoms with E-state index in [9.17, 15) is 4.79 Å². The molecule has 0 unspecified atom stereocenters. The molecule has 3 nitrogen and oxygen atoms in total. The highest BCUT2D eigenvalue weighted by molar-refractivity contribution is 7.13. The molecule has 1 heterocycles. The standard InChI is InChI=1S/C9H13NO2S/c1-6(11)5-10-9(12)8-4-3-7(2)13-8/h3-4,6,11H,5H2,1-2H3,(H,10,12)/t6-/m0/s1. The van der Waals surface area contributed by atoms with Crippen molar-refractivity contribution >= 4 is 17.2 Å². The Balaban J connectivity index is 2.49. The maximum absolute atomic E-state index is 11.4. The molecule has 0 saturated heterocycles. The second kappa shape index (κ2) is 4.39. The fraction of sp³-hybridized carbons (Fsp3) is 0.444. The molecular formula is C9H13NO2S. The Hall–Kier alpha value is -0.870. The number of nitrogens with one attached hydrogen (secondary N) is 1. The van der Waals surface area contributed by atoms with Gasteiger partial charge in [-0.05, 0) is 26.0 Å². The van der Waals surface area contributed by atoms with Gasteiger partial charge < -0.3 is 10.4 Å². The number of aliphatic hydroxyl groups is 1.